The van der Waals surface area contributed by atoms with Crippen LogP contribution in [0.1, 0.15) is 30.8 Å². The predicted octanol–water partition coefficient (Wildman–Crippen LogP) is 4.01. The van der Waals surface area contributed by atoms with Gasteiger partial charge in [0.25, 0.3) is 5.91 Å². The van der Waals surface area contributed by atoms with Gasteiger partial charge in [0.2, 0.25) is 0 Å². The first-order chi connectivity index (χ1) is 10.2. The maximum absolute atomic E-state index is 11.9. The SMILES string of the molecule is CC(C)CCNC(=O)COC(=O)c1nc(Cl)c(Cl)c(Cl)c1Cl. The van der Waals surface area contributed by atoms with E-state index in [1.54, 1.807) is 0 Å². The minimum absolute atomic E-state index is 0.0590. The molecule has 0 fully saturated rings. The van der Waals surface area contributed by atoms with Gasteiger partial charge in [-0.1, -0.05) is 60.3 Å². The van der Waals surface area contributed by atoms with Crippen LogP contribution in [0.3, 0.4) is 0 Å². The molecule has 5 nitrogen and oxygen atoms in total. The minimum atomic E-state index is -0.913. The molecule has 0 saturated carbocycles. The lowest BCUT2D eigenvalue weighted by atomic mass is 10.1. The molecule has 0 atom stereocenters. The van der Waals surface area contributed by atoms with E-state index in [9.17, 15) is 9.59 Å². The third-order valence-corrected chi connectivity index (χ3v) is 4.23. The third kappa shape index (κ3) is 5.47. The van der Waals surface area contributed by atoms with Crippen LogP contribution in [0, 0.1) is 5.92 Å². The molecular weight excluding hydrogens is 374 g/mol. The Morgan fingerprint density at radius 3 is 2.36 bits per heavy atom. The Kier molecular flexibility index (Phi) is 7.69. The summed E-state index contributed by atoms with van der Waals surface area (Å²) in [4.78, 5) is 27.1. The van der Waals surface area contributed by atoms with Gasteiger partial charge in [-0.2, -0.15) is 0 Å². The van der Waals surface area contributed by atoms with E-state index < -0.39 is 18.5 Å². The topological polar surface area (TPSA) is 68.3 Å². The van der Waals surface area contributed by atoms with E-state index in [1.165, 1.54) is 0 Å². The summed E-state index contributed by atoms with van der Waals surface area (Å²) in [7, 11) is 0. The van der Waals surface area contributed by atoms with Gasteiger partial charge in [-0.25, -0.2) is 9.78 Å². The Morgan fingerprint density at radius 1 is 1.14 bits per heavy atom. The highest BCUT2D eigenvalue weighted by Crippen LogP contribution is 2.36. The van der Waals surface area contributed by atoms with Crippen molar-refractivity contribution in [2.24, 2.45) is 5.92 Å². The lowest BCUT2D eigenvalue weighted by Crippen LogP contribution is -2.30. The zero-order chi connectivity index (χ0) is 16.9. The lowest BCUT2D eigenvalue weighted by molar-refractivity contribution is -0.124. The zero-order valence-electron chi connectivity index (χ0n) is 11.9. The highest BCUT2D eigenvalue weighted by Gasteiger charge is 2.22. The van der Waals surface area contributed by atoms with Gasteiger partial charge >= 0.3 is 5.97 Å². The molecule has 1 aromatic heterocycles. The molecule has 0 saturated heterocycles. The van der Waals surface area contributed by atoms with Crippen LogP contribution in [0.25, 0.3) is 0 Å². The Hall–Kier alpha value is -0.750. The number of esters is 1. The highest BCUT2D eigenvalue weighted by molar-refractivity contribution is 6.52. The number of ether oxygens (including phenoxy) is 1. The van der Waals surface area contributed by atoms with Crippen molar-refractivity contribution < 1.29 is 14.3 Å². The van der Waals surface area contributed by atoms with E-state index in [4.69, 9.17) is 51.1 Å². The maximum atomic E-state index is 11.9. The van der Waals surface area contributed by atoms with Crippen molar-refractivity contribution in [2.75, 3.05) is 13.2 Å². The second-order valence-electron chi connectivity index (χ2n) is 4.80. The van der Waals surface area contributed by atoms with Crippen molar-refractivity contribution in [2.45, 2.75) is 20.3 Å². The van der Waals surface area contributed by atoms with Gasteiger partial charge in [-0.05, 0) is 12.3 Å². The van der Waals surface area contributed by atoms with Crippen LogP contribution in [-0.2, 0) is 9.53 Å². The molecule has 22 heavy (non-hydrogen) atoms. The Balaban J connectivity index is 2.61. The third-order valence-electron chi connectivity index (χ3n) is 2.56. The second-order valence-corrected chi connectivity index (χ2v) is 6.29. The fourth-order valence-electron chi connectivity index (χ4n) is 1.37. The van der Waals surface area contributed by atoms with Gasteiger partial charge < -0.3 is 10.1 Å². The lowest BCUT2D eigenvalue weighted by Gasteiger charge is -2.09. The van der Waals surface area contributed by atoms with Crippen LogP contribution in [0.5, 0.6) is 0 Å². The smallest absolute Gasteiger partial charge is 0.359 e. The van der Waals surface area contributed by atoms with E-state index in [2.05, 4.69) is 10.3 Å². The molecule has 0 bridgehead atoms. The first-order valence-electron chi connectivity index (χ1n) is 6.37. The summed E-state index contributed by atoms with van der Waals surface area (Å²) in [6, 6.07) is 0. The summed E-state index contributed by atoms with van der Waals surface area (Å²) >= 11 is 23.1. The van der Waals surface area contributed by atoms with Crippen molar-refractivity contribution in [3.05, 3.63) is 25.9 Å². The molecule has 1 heterocycles. The fraction of sp³-hybridized carbons (Fsp3) is 0.462. The summed E-state index contributed by atoms with van der Waals surface area (Å²) in [5.74, 6) is -0.870. The molecule has 0 spiro atoms. The normalized spacial score (nSPS) is 10.7. The quantitative estimate of drug-likeness (QED) is 0.591. The molecule has 0 unspecified atom stereocenters. The van der Waals surface area contributed by atoms with E-state index in [-0.39, 0.29) is 25.9 Å². The van der Waals surface area contributed by atoms with Crippen LogP contribution in [-0.4, -0.2) is 30.0 Å². The van der Waals surface area contributed by atoms with Crippen molar-refractivity contribution in [3.8, 4) is 0 Å². The number of hydrogen-bond acceptors (Lipinski definition) is 4. The van der Waals surface area contributed by atoms with Crippen molar-refractivity contribution in [3.63, 3.8) is 0 Å². The molecule has 122 valence electrons. The van der Waals surface area contributed by atoms with Crippen LogP contribution in [0.2, 0.25) is 20.2 Å². The first-order valence-corrected chi connectivity index (χ1v) is 7.89. The molecule has 0 aliphatic carbocycles. The van der Waals surface area contributed by atoms with E-state index in [0.717, 1.165) is 6.42 Å². The molecule has 0 aliphatic heterocycles. The summed E-state index contributed by atoms with van der Waals surface area (Å²) < 4.78 is 4.82. The first kappa shape index (κ1) is 19.3. The summed E-state index contributed by atoms with van der Waals surface area (Å²) in [6.07, 6.45) is 0.829. The number of amides is 1. The van der Waals surface area contributed by atoms with E-state index in [0.29, 0.717) is 12.5 Å². The molecule has 0 radical (unpaired) electrons. The number of hydrogen-bond donors (Lipinski definition) is 1. The number of carbonyl (C=O) groups is 2. The minimum Gasteiger partial charge on any atom is -0.451 e. The van der Waals surface area contributed by atoms with Gasteiger partial charge in [-0.3, -0.25) is 4.79 Å². The standard InChI is InChI=1S/C13H14Cl4N2O3/c1-6(2)3-4-18-7(20)5-22-13(21)11-9(15)8(14)10(16)12(17)19-11/h6H,3-5H2,1-2H3,(H,18,20). The number of nitrogens with one attached hydrogen (secondary N) is 1. The van der Waals surface area contributed by atoms with Gasteiger partial charge in [0.1, 0.15) is 5.15 Å². The van der Waals surface area contributed by atoms with Crippen LogP contribution in [0.15, 0.2) is 0 Å². The van der Waals surface area contributed by atoms with E-state index >= 15 is 0 Å². The zero-order valence-corrected chi connectivity index (χ0v) is 14.9. The van der Waals surface area contributed by atoms with Crippen molar-refractivity contribution >= 4 is 58.3 Å². The number of rotatable bonds is 6. The maximum Gasteiger partial charge on any atom is 0.359 e. The number of halogens is 4. The number of aromatic nitrogens is 1. The predicted molar refractivity (Wildman–Crippen MR) is 87.0 cm³/mol. The van der Waals surface area contributed by atoms with Gasteiger partial charge in [0.05, 0.1) is 15.1 Å². The molecule has 9 heteroatoms. The average molecular weight is 388 g/mol. The van der Waals surface area contributed by atoms with Crippen LogP contribution >= 0.6 is 46.4 Å². The van der Waals surface area contributed by atoms with Gasteiger partial charge in [-0.15, -0.1) is 0 Å². The van der Waals surface area contributed by atoms with Crippen molar-refractivity contribution in [1.82, 2.24) is 10.3 Å². The average Bonchev–Trinajstić information content (AvgIpc) is 2.46. The Morgan fingerprint density at radius 2 is 1.77 bits per heavy atom. The molecule has 1 aromatic rings. The molecule has 1 rings (SSSR count). The van der Waals surface area contributed by atoms with Gasteiger partial charge in [0.15, 0.2) is 12.3 Å². The summed E-state index contributed by atoms with van der Waals surface area (Å²) in [5.41, 5.74) is -0.295. The number of nitrogens with zero attached hydrogens (tertiary/aromatic N) is 1. The summed E-state index contributed by atoms with van der Waals surface area (Å²) in [5, 5.41) is 2.11. The molecule has 0 aromatic carbocycles. The van der Waals surface area contributed by atoms with Crippen LogP contribution in [0.4, 0.5) is 0 Å². The Bertz CT molecular complexity index is 579. The highest BCUT2D eigenvalue weighted by atomic mass is 35.5. The molecule has 1 amide bonds. The summed E-state index contributed by atoms with van der Waals surface area (Å²) in [6.45, 7) is 4.13. The molecule has 1 N–H and O–H groups in total. The molecular formula is C13H14Cl4N2O3. The van der Waals surface area contributed by atoms with Crippen LogP contribution < -0.4 is 5.32 Å². The van der Waals surface area contributed by atoms with Crippen molar-refractivity contribution in [1.29, 1.82) is 0 Å². The van der Waals surface area contributed by atoms with Gasteiger partial charge in [0, 0.05) is 6.54 Å². The van der Waals surface area contributed by atoms with E-state index in [1.807, 2.05) is 13.8 Å². The second kappa shape index (κ2) is 8.77. The Labute approximate surface area is 148 Å². The number of pyridine rings is 1. The monoisotopic (exact) mass is 386 g/mol. The largest absolute Gasteiger partial charge is 0.451 e. The fourth-order valence-corrected chi connectivity index (χ4v) is 2.18. The molecule has 0 aliphatic rings. The number of carbonyl (C=O) groups excluding carboxylic acids is 2.